The Morgan fingerprint density at radius 1 is 1.42 bits per heavy atom. The van der Waals surface area contributed by atoms with E-state index in [9.17, 15) is 8.42 Å². The molecular weight excluding hydrogens is 397 g/mol. The van der Waals surface area contributed by atoms with E-state index < -0.39 is 10.0 Å². The van der Waals surface area contributed by atoms with Gasteiger partial charge in [-0.2, -0.15) is 0 Å². The van der Waals surface area contributed by atoms with Crippen LogP contribution in [0.5, 0.6) is 0 Å². The van der Waals surface area contributed by atoms with Crippen LogP contribution in [-0.4, -0.2) is 18.4 Å². The number of aromatic nitrogens is 2. The van der Waals surface area contributed by atoms with Crippen LogP contribution in [0.3, 0.4) is 0 Å². The van der Waals surface area contributed by atoms with Crippen LogP contribution in [0.2, 0.25) is 9.62 Å². The van der Waals surface area contributed by atoms with Crippen LogP contribution < -0.4 is 4.72 Å². The molecule has 2 rings (SSSR count). The van der Waals surface area contributed by atoms with Gasteiger partial charge in [-0.3, -0.25) is 4.72 Å². The van der Waals surface area contributed by atoms with Gasteiger partial charge in [0, 0.05) is 0 Å². The molecule has 0 fully saturated rings. The zero-order valence-corrected chi connectivity index (χ0v) is 14.0. The number of anilines is 1. The lowest BCUT2D eigenvalue weighted by Crippen LogP contribution is -2.12. The van der Waals surface area contributed by atoms with E-state index in [1.54, 1.807) is 6.92 Å². The molecule has 1 N–H and O–H groups in total. The van der Waals surface area contributed by atoms with E-state index in [-0.39, 0.29) is 13.8 Å². The summed E-state index contributed by atoms with van der Waals surface area (Å²) in [4.78, 5) is 7.71. The molecule has 0 saturated carbocycles. The molecule has 0 atom stereocenters. The van der Waals surface area contributed by atoms with Crippen LogP contribution in [0.25, 0.3) is 0 Å². The second-order valence-electron chi connectivity index (χ2n) is 3.44. The lowest BCUT2D eigenvalue weighted by molar-refractivity contribution is 0.602. The number of hydrogen-bond donors (Lipinski definition) is 1. The maximum atomic E-state index is 12.2. The molecule has 0 amide bonds. The maximum absolute atomic E-state index is 12.2. The summed E-state index contributed by atoms with van der Waals surface area (Å²) in [5.74, 6) is 0. The second-order valence-corrected chi connectivity index (χ2v) is 8.11. The fraction of sp³-hybridized carbons (Fsp3) is 0.111. The molecule has 0 spiro atoms. The van der Waals surface area contributed by atoms with Crippen LogP contribution >= 0.6 is 50.5 Å². The van der Waals surface area contributed by atoms with Crippen molar-refractivity contribution in [2.75, 3.05) is 4.72 Å². The molecule has 19 heavy (non-hydrogen) atoms. The van der Waals surface area contributed by atoms with Gasteiger partial charge in [-0.15, -0.1) is 0 Å². The van der Waals surface area contributed by atoms with Crippen molar-refractivity contribution < 1.29 is 8.42 Å². The van der Waals surface area contributed by atoms with Crippen LogP contribution in [0.4, 0.5) is 5.69 Å². The van der Waals surface area contributed by atoms with Crippen LogP contribution in [0, 0.1) is 6.92 Å². The first kappa shape index (κ1) is 15.0. The summed E-state index contributed by atoms with van der Waals surface area (Å²) in [6.07, 6.45) is 1.32. The highest BCUT2D eigenvalue weighted by Gasteiger charge is 2.21. The first-order valence-corrected chi connectivity index (χ1v) is 8.61. The van der Waals surface area contributed by atoms with Gasteiger partial charge in [0.2, 0.25) is 0 Å². The van der Waals surface area contributed by atoms with Crippen molar-refractivity contribution in [3.05, 3.63) is 32.0 Å². The average molecular weight is 403 g/mol. The minimum atomic E-state index is -3.74. The first-order chi connectivity index (χ1) is 8.79. The monoisotopic (exact) mass is 401 g/mol. The molecule has 0 aliphatic heterocycles. The topological polar surface area (TPSA) is 72.0 Å². The Hall–Kier alpha value is -0.410. The molecule has 10 heteroatoms. The van der Waals surface area contributed by atoms with Gasteiger partial charge in [0.05, 0.1) is 22.1 Å². The number of nitrogens with one attached hydrogen (secondary N) is 1. The van der Waals surface area contributed by atoms with E-state index in [0.717, 1.165) is 11.3 Å². The standard InChI is InChI=1S/C9H6BrCl2N3O2S2/c1-4-8(18-9(12)14-4)19(16,17)15-5-2-6(10)7(11)13-3-5/h2-3,15H,1H3. The Morgan fingerprint density at radius 3 is 2.63 bits per heavy atom. The summed E-state index contributed by atoms with van der Waals surface area (Å²) in [6.45, 7) is 1.58. The third-order valence-electron chi connectivity index (χ3n) is 2.02. The van der Waals surface area contributed by atoms with E-state index in [2.05, 4.69) is 30.6 Å². The van der Waals surface area contributed by atoms with E-state index in [1.165, 1.54) is 12.3 Å². The van der Waals surface area contributed by atoms with Gasteiger partial charge in [0.1, 0.15) is 5.15 Å². The summed E-state index contributed by atoms with van der Waals surface area (Å²) >= 11 is 15.5. The van der Waals surface area contributed by atoms with Crippen molar-refractivity contribution >= 4 is 66.2 Å². The number of sulfonamides is 1. The maximum Gasteiger partial charge on any atom is 0.273 e. The highest BCUT2D eigenvalue weighted by Crippen LogP contribution is 2.29. The van der Waals surface area contributed by atoms with Crippen LogP contribution in [0.1, 0.15) is 5.69 Å². The molecule has 0 bridgehead atoms. The largest absolute Gasteiger partial charge is 0.277 e. The van der Waals surface area contributed by atoms with E-state index >= 15 is 0 Å². The smallest absolute Gasteiger partial charge is 0.273 e. The van der Waals surface area contributed by atoms with Gasteiger partial charge in [-0.05, 0) is 28.9 Å². The molecule has 0 radical (unpaired) electrons. The zero-order chi connectivity index (χ0) is 14.2. The fourth-order valence-electron chi connectivity index (χ4n) is 1.28. The normalized spacial score (nSPS) is 11.6. The van der Waals surface area contributed by atoms with Crippen molar-refractivity contribution in [2.45, 2.75) is 11.1 Å². The lowest BCUT2D eigenvalue weighted by atomic mass is 10.4. The van der Waals surface area contributed by atoms with E-state index in [4.69, 9.17) is 23.2 Å². The van der Waals surface area contributed by atoms with Crippen molar-refractivity contribution in [3.63, 3.8) is 0 Å². The van der Waals surface area contributed by atoms with Crippen molar-refractivity contribution in [2.24, 2.45) is 0 Å². The van der Waals surface area contributed by atoms with Gasteiger partial charge in [0.15, 0.2) is 8.68 Å². The number of thiazole rings is 1. The third kappa shape index (κ3) is 3.38. The Kier molecular flexibility index (Phi) is 4.36. The molecule has 2 aromatic heterocycles. The van der Waals surface area contributed by atoms with Crippen molar-refractivity contribution in [3.8, 4) is 0 Å². The summed E-state index contributed by atoms with van der Waals surface area (Å²) in [7, 11) is -3.74. The third-order valence-corrected chi connectivity index (χ3v) is 6.41. The molecule has 0 aliphatic carbocycles. The Morgan fingerprint density at radius 2 is 2.11 bits per heavy atom. The van der Waals surface area contributed by atoms with Crippen LogP contribution in [-0.2, 0) is 10.0 Å². The average Bonchev–Trinajstić information content (AvgIpc) is 2.63. The predicted octanol–water partition coefficient (Wildman–Crippen LogP) is 3.72. The quantitative estimate of drug-likeness (QED) is 0.794. The summed E-state index contributed by atoms with van der Waals surface area (Å²) < 4.78 is 27.4. The van der Waals surface area contributed by atoms with Crippen molar-refractivity contribution in [1.82, 2.24) is 9.97 Å². The Bertz CT molecular complexity index is 733. The molecule has 0 unspecified atom stereocenters. The minimum Gasteiger partial charge on any atom is -0.277 e. The Labute approximate surface area is 132 Å². The highest BCUT2D eigenvalue weighted by molar-refractivity contribution is 9.10. The number of aryl methyl sites for hydroxylation is 1. The fourth-order valence-corrected chi connectivity index (χ4v) is 4.51. The summed E-state index contributed by atoms with van der Waals surface area (Å²) in [5.41, 5.74) is 0.642. The van der Waals surface area contributed by atoms with Gasteiger partial charge in [-0.1, -0.05) is 34.5 Å². The molecule has 2 heterocycles. The van der Waals surface area contributed by atoms with Gasteiger partial charge >= 0.3 is 0 Å². The molecule has 0 aliphatic rings. The van der Waals surface area contributed by atoms with Gasteiger partial charge in [0.25, 0.3) is 10.0 Å². The number of halogens is 3. The number of hydrogen-bond acceptors (Lipinski definition) is 5. The minimum absolute atomic E-state index is 0.0728. The number of pyridine rings is 1. The Balaban J connectivity index is 2.36. The SMILES string of the molecule is Cc1nc(Cl)sc1S(=O)(=O)Nc1cnc(Cl)c(Br)c1. The molecule has 0 aromatic carbocycles. The lowest BCUT2D eigenvalue weighted by Gasteiger charge is -2.07. The second kappa shape index (κ2) is 5.53. The highest BCUT2D eigenvalue weighted by atomic mass is 79.9. The molecule has 102 valence electrons. The number of rotatable bonds is 3. The summed E-state index contributed by atoms with van der Waals surface area (Å²) in [5, 5.41) is 0.250. The molecular formula is C9H6BrCl2N3O2S2. The van der Waals surface area contributed by atoms with Gasteiger partial charge < -0.3 is 0 Å². The summed E-state index contributed by atoms with van der Waals surface area (Å²) in [6, 6.07) is 1.52. The molecule has 2 aromatic rings. The predicted molar refractivity (Wildman–Crippen MR) is 79.6 cm³/mol. The number of nitrogens with zero attached hydrogens (tertiary/aromatic N) is 2. The molecule has 5 nitrogen and oxygen atoms in total. The van der Waals surface area contributed by atoms with E-state index in [1.807, 2.05) is 0 Å². The van der Waals surface area contributed by atoms with E-state index in [0.29, 0.717) is 15.9 Å². The van der Waals surface area contributed by atoms with Crippen molar-refractivity contribution in [1.29, 1.82) is 0 Å². The van der Waals surface area contributed by atoms with Gasteiger partial charge in [-0.25, -0.2) is 18.4 Å². The molecule has 0 saturated heterocycles. The zero-order valence-electron chi connectivity index (χ0n) is 9.32. The first-order valence-electron chi connectivity index (χ1n) is 4.76. The van der Waals surface area contributed by atoms with Crippen LogP contribution in [0.15, 0.2) is 20.9 Å².